The molecule has 1 spiro atoms. The number of carbonyl (C=O) groups is 1. The van der Waals surface area contributed by atoms with Gasteiger partial charge in [0.25, 0.3) is 5.91 Å². The van der Waals surface area contributed by atoms with Crippen LogP contribution in [0.1, 0.15) is 29.8 Å². The molecule has 1 aliphatic carbocycles. The van der Waals surface area contributed by atoms with Gasteiger partial charge in [0.2, 0.25) is 11.7 Å². The molecule has 2 aromatic heterocycles. The first-order valence-corrected chi connectivity index (χ1v) is 7.48. The van der Waals surface area contributed by atoms with Gasteiger partial charge in [-0.1, -0.05) is 5.16 Å². The Morgan fingerprint density at radius 3 is 2.86 bits per heavy atom. The van der Waals surface area contributed by atoms with Gasteiger partial charge < -0.3 is 14.7 Å². The number of anilines is 1. The van der Waals surface area contributed by atoms with E-state index in [2.05, 4.69) is 20.4 Å². The van der Waals surface area contributed by atoms with Crippen molar-refractivity contribution in [3.05, 3.63) is 36.5 Å². The molecule has 4 rings (SSSR count). The van der Waals surface area contributed by atoms with Crippen LogP contribution in [0.25, 0.3) is 0 Å². The van der Waals surface area contributed by atoms with E-state index in [1.54, 1.807) is 24.5 Å². The summed E-state index contributed by atoms with van der Waals surface area (Å²) in [5, 5.41) is 6.94. The normalized spacial score (nSPS) is 26.9. The van der Waals surface area contributed by atoms with Gasteiger partial charge in [-0.25, -0.2) is 9.97 Å². The average Bonchev–Trinajstić information content (AvgIpc) is 3.17. The van der Waals surface area contributed by atoms with Crippen LogP contribution in [0.15, 0.2) is 35.2 Å². The van der Waals surface area contributed by atoms with Crippen LogP contribution in [0.5, 0.6) is 0 Å². The Morgan fingerprint density at radius 1 is 1.32 bits per heavy atom. The molecule has 1 saturated heterocycles. The molecule has 0 radical (unpaired) electrons. The number of nitrogens with zero attached hydrogens (tertiary/aromatic N) is 4. The predicted octanol–water partition coefficient (Wildman–Crippen LogP) is 1.57. The SMILES string of the molecule is O=C(c1ccno1)N1CCC2(CC(Nc3ncccn3)C2)C1. The van der Waals surface area contributed by atoms with Crippen LogP contribution in [0, 0.1) is 5.41 Å². The van der Waals surface area contributed by atoms with Crippen molar-refractivity contribution >= 4 is 11.9 Å². The molecule has 22 heavy (non-hydrogen) atoms. The molecule has 2 aromatic rings. The van der Waals surface area contributed by atoms with Crippen LogP contribution >= 0.6 is 0 Å². The maximum absolute atomic E-state index is 12.3. The molecule has 0 unspecified atom stereocenters. The Balaban J connectivity index is 1.33. The largest absolute Gasteiger partial charge is 0.351 e. The zero-order valence-electron chi connectivity index (χ0n) is 12.1. The van der Waals surface area contributed by atoms with Crippen molar-refractivity contribution in [3.8, 4) is 0 Å². The van der Waals surface area contributed by atoms with E-state index >= 15 is 0 Å². The molecule has 2 aliphatic rings. The highest BCUT2D eigenvalue weighted by Gasteiger charge is 2.49. The number of aromatic nitrogens is 3. The number of likely N-dealkylation sites (tertiary alicyclic amines) is 1. The van der Waals surface area contributed by atoms with Crippen molar-refractivity contribution in [1.29, 1.82) is 0 Å². The molecule has 0 bridgehead atoms. The fourth-order valence-electron chi connectivity index (χ4n) is 3.57. The first-order valence-electron chi connectivity index (χ1n) is 7.48. The third-order valence-electron chi connectivity index (χ3n) is 4.63. The van der Waals surface area contributed by atoms with Gasteiger partial charge in [0, 0.05) is 37.6 Å². The fraction of sp³-hybridized carbons (Fsp3) is 0.467. The summed E-state index contributed by atoms with van der Waals surface area (Å²) in [7, 11) is 0. The number of carbonyl (C=O) groups excluding carboxylic acids is 1. The van der Waals surface area contributed by atoms with E-state index in [-0.39, 0.29) is 11.3 Å². The quantitative estimate of drug-likeness (QED) is 0.926. The van der Waals surface area contributed by atoms with Gasteiger partial charge in [-0.3, -0.25) is 4.79 Å². The summed E-state index contributed by atoms with van der Waals surface area (Å²) in [6.45, 7) is 1.58. The minimum atomic E-state index is -0.0582. The maximum Gasteiger partial charge on any atom is 0.292 e. The second-order valence-electron chi connectivity index (χ2n) is 6.18. The molecule has 1 amide bonds. The Kier molecular flexibility index (Phi) is 3.06. The van der Waals surface area contributed by atoms with Crippen molar-refractivity contribution in [1.82, 2.24) is 20.0 Å². The number of rotatable bonds is 3. The molecular weight excluding hydrogens is 282 g/mol. The molecular formula is C15H17N5O2. The molecule has 0 atom stereocenters. The predicted molar refractivity (Wildman–Crippen MR) is 78.1 cm³/mol. The van der Waals surface area contributed by atoms with Crippen molar-refractivity contribution in [2.75, 3.05) is 18.4 Å². The zero-order chi connectivity index (χ0) is 15.0. The second-order valence-corrected chi connectivity index (χ2v) is 6.18. The van der Waals surface area contributed by atoms with Crippen molar-refractivity contribution in [2.45, 2.75) is 25.3 Å². The van der Waals surface area contributed by atoms with Crippen LogP contribution in [0.2, 0.25) is 0 Å². The van der Waals surface area contributed by atoms with E-state index in [0.29, 0.717) is 17.8 Å². The minimum absolute atomic E-state index is 0.0582. The van der Waals surface area contributed by atoms with Crippen molar-refractivity contribution < 1.29 is 9.32 Å². The average molecular weight is 299 g/mol. The Labute approximate surface area is 127 Å². The number of nitrogens with one attached hydrogen (secondary N) is 1. The molecule has 2 fully saturated rings. The van der Waals surface area contributed by atoms with E-state index in [0.717, 1.165) is 32.4 Å². The number of hydrogen-bond acceptors (Lipinski definition) is 6. The Hall–Kier alpha value is -2.44. The van der Waals surface area contributed by atoms with Gasteiger partial charge in [-0.15, -0.1) is 0 Å². The van der Waals surface area contributed by atoms with Crippen LogP contribution < -0.4 is 5.32 Å². The second kappa shape index (κ2) is 5.08. The molecule has 7 nitrogen and oxygen atoms in total. The zero-order valence-corrected chi connectivity index (χ0v) is 12.1. The lowest BCUT2D eigenvalue weighted by atomic mass is 9.65. The summed E-state index contributed by atoms with van der Waals surface area (Å²) in [5.74, 6) is 0.941. The number of amides is 1. The first-order chi connectivity index (χ1) is 10.7. The van der Waals surface area contributed by atoms with Gasteiger partial charge in [-0.2, -0.15) is 0 Å². The molecule has 1 aliphatic heterocycles. The van der Waals surface area contributed by atoms with E-state index in [1.807, 2.05) is 4.90 Å². The maximum atomic E-state index is 12.3. The van der Waals surface area contributed by atoms with E-state index in [1.165, 1.54) is 6.20 Å². The lowest BCUT2D eigenvalue weighted by Gasteiger charge is -2.45. The summed E-state index contributed by atoms with van der Waals surface area (Å²) < 4.78 is 4.96. The van der Waals surface area contributed by atoms with Crippen molar-refractivity contribution in [3.63, 3.8) is 0 Å². The Bertz CT molecular complexity index is 652. The standard InChI is InChI=1S/C15H17N5O2/c21-13(12-2-6-18-22-12)20-7-3-15(10-20)8-11(9-15)19-14-16-4-1-5-17-14/h1-2,4-6,11H,3,7-10H2,(H,16,17,19). The lowest BCUT2D eigenvalue weighted by molar-refractivity contribution is 0.0677. The summed E-state index contributed by atoms with van der Waals surface area (Å²) >= 11 is 0. The van der Waals surface area contributed by atoms with Gasteiger partial charge in [0.1, 0.15) is 0 Å². The monoisotopic (exact) mass is 299 g/mol. The van der Waals surface area contributed by atoms with E-state index < -0.39 is 0 Å². The van der Waals surface area contributed by atoms with E-state index in [9.17, 15) is 4.79 Å². The summed E-state index contributed by atoms with van der Waals surface area (Å²) in [6.07, 6.45) is 8.11. The van der Waals surface area contributed by atoms with Gasteiger partial charge >= 0.3 is 0 Å². The van der Waals surface area contributed by atoms with E-state index in [4.69, 9.17) is 4.52 Å². The first kappa shape index (κ1) is 13.2. The number of hydrogen-bond donors (Lipinski definition) is 1. The lowest BCUT2D eigenvalue weighted by Crippen LogP contribution is -2.47. The molecule has 7 heteroatoms. The van der Waals surface area contributed by atoms with Crippen molar-refractivity contribution in [2.24, 2.45) is 5.41 Å². The van der Waals surface area contributed by atoms with Crippen LogP contribution in [-0.2, 0) is 0 Å². The Morgan fingerprint density at radius 2 is 2.14 bits per heavy atom. The highest BCUT2D eigenvalue weighted by molar-refractivity contribution is 5.91. The van der Waals surface area contributed by atoms with Gasteiger partial charge in [-0.05, 0) is 30.7 Å². The fourth-order valence-corrected chi connectivity index (χ4v) is 3.57. The molecule has 1 saturated carbocycles. The summed E-state index contributed by atoms with van der Waals surface area (Å²) in [5.41, 5.74) is 0.238. The third-order valence-corrected chi connectivity index (χ3v) is 4.63. The summed E-state index contributed by atoms with van der Waals surface area (Å²) in [6, 6.07) is 3.81. The minimum Gasteiger partial charge on any atom is -0.351 e. The smallest absolute Gasteiger partial charge is 0.292 e. The van der Waals surface area contributed by atoms with Crippen LogP contribution in [0.4, 0.5) is 5.95 Å². The molecule has 1 N–H and O–H groups in total. The topological polar surface area (TPSA) is 84.2 Å². The third kappa shape index (κ3) is 2.32. The summed E-state index contributed by atoms with van der Waals surface area (Å²) in [4.78, 5) is 22.5. The van der Waals surface area contributed by atoms with Crippen LogP contribution in [0.3, 0.4) is 0 Å². The molecule has 0 aromatic carbocycles. The highest BCUT2D eigenvalue weighted by atomic mass is 16.5. The molecule has 114 valence electrons. The van der Waals surface area contributed by atoms with Crippen LogP contribution in [-0.4, -0.2) is 45.1 Å². The highest BCUT2D eigenvalue weighted by Crippen LogP contribution is 2.49. The molecule has 3 heterocycles. The van der Waals surface area contributed by atoms with Gasteiger partial charge in [0.15, 0.2) is 0 Å². The van der Waals surface area contributed by atoms with Gasteiger partial charge in [0.05, 0.1) is 6.20 Å².